The maximum Gasteiger partial charge on any atom is 0.150 e. The summed E-state index contributed by atoms with van der Waals surface area (Å²) < 4.78 is 0. The van der Waals surface area contributed by atoms with E-state index >= 15 is 0 Å². The molecule has 2 rings (SSSR count). The van der Waals surface area contributed by atoms with E-state index in [1.165, 1.54) is 6.20 Å². The molecule has 0 aliphatic carbocycles. The van der Waals surface area contributed by atoms with Crippen molar-refractivity contribution in [1.29, 1.82) is 0 Å². The molecule has 0 bridgehead atoms. The van der Waals surface area contributed by atoms with Gasteiger partial charge in [0, 0.05) is 18.0 Å². The van der Waals surface area contributed by atoms with Crippen LogP contribution >= 0.6 is 23.2 Å². The van der Waals surface area contributed by atoms with Crippen molar-refractivity contribution in [3.63, 3.8) is 0 Å². The Morgan fingerprint density at radius 3 is 2.53 bits per heavy atom. The topological polar surface area (TPSA) is 51.8 Å². The minimum Gasteiger partial charge on any atom is -0.382 e. The van der Waals surface area contributed by atoms with E-state index in [0.29, 0.717) is 27.1 Å². The smallest absolute Gasteiger partial charge is 0.150 e. The summed E-state index contributed by atoms with van der Waals surface area (Å²) >= 11 is 11.9. The first kappa shape index (κ1) is 10.2. The molecule has 3 nitrogen and oxygen atoms in total. The summed E-state index contributed by atoms with van der Waals surface area (Å²) in [5, 5.41) is 0.908. The number of hydrogen-bond donors (Lipinski definition) is 1. The Bertz CT molecular complexity index is 500. The quantitative estimate of drug-likeness (QED) is 0.833. The SMILES string of the molecule is Nc1nccnc1-c1cccc(Cl)c1Cl. The highest BCUT2D eigenvalue weighted by atomic mass is 35.5. The summed E-state index contributed by atoms with van der Waals surface area (Å²) in [6, 6.07) is 5.30. The highest BCUT2D eigenvalue weighted by Crippen LogP contribution is 2.33. The molecule has 1 heterocycles. The van der Waals surface area contributed by atoms with Crippen LogP contribution in [-0.2, 0) is 0 Å². The molecule has 0 saturated carbocycles. The Balaban J connectivity index is 2.65. The second-order valence-corrected chi connectivity index (χ2v) is 3.68. The van der Waals surface area contributed by atoms with Crippen molar-refractivity contribution in [2.24, 2.45) is 0 Å². The van der Waals surface area contributed by atoms with Gasteiger partial charge in [0.25, 0.3) is 0 Å². The highest BCUT2D eigenvalue weighted by Gasteiger charge is 2.10. The van der Waals surface area contributed by atoms with E-state index in [1.807, 2.05) is 0 Å². The van der Waals surface area contributed by atoms with Crippen LogP contribution in [0.1, 0.15) is 0 Å². The normalized spacial score (nSPS) is 10.3. The van der Waals surface area contributed by atoms with Gasteiger partial charge in [-0.2, -0.15) is 0 Å². The van der Waals surface area contributed by atoms with Gasteiger partial charge in [-0.3, -0.25) is 4.98 Å². The maximum atomic E-state index is 6.04. The predicted octanol–water partition coefficient (Wildman–Crippen LogP) is 3.03. The molecule has 1 aromatic carbocycles. The zero-order valence-corrected chi connectivity index (χ0v) is 9.13. The third-order valence-electron chi connectivity index (χ3n) is 1.93. The zero-order chi connectivity index (χ0) is 10.8. The van der Waals surface area contributed by atoms with E-state index in [2.05, 4.69) is 9.97 Å². The van der Waals surface area contributed by atoms with E-state index in [0.717, 1.165) is 0 Å². The van der Waals surface area contributed by atoms with Gasteiger partial charge in [-0.1, -0.05) is 35.3 Å². The van der Waals surface area contributed by atoms with Crippen LogP contribution in [0.2, 0.25) is 10.0 Å². The Kier molecular flexibility index (Phi) is 2.75. The number of aromatic nitrogens is 2. The van der Waals surface area contributed by atoms with Crippen molar-refractivity contribution >= 4 is 29.0 Å². The van der Waals surface area contributed by atoms with Gasteiger partial charge in [-0.05, 0) is 6.07 Å². The average molecular weight is 240 g/mol. The number of rotatable bonds is 1. The first-order chi connectivity index (χ1) is 7.20. The fraction of sp³-hybridized carbons (Fsp3) is 0. The van der Waals surface area contributed by atoms with Crippen LogP contribution in [0.5, 0.6) is 0 Å². The number of nitrogen functional groups attached to an aromatic ring is 1. The van der Waals surface area contributed by atoms with Gasteiger partial charge in [0.1, 0.15) is 11.5 Å². The molecule has 2 aromatic rings. The first-order valence-electron chi connectivity index (χ1n) is 4.21. The molecule has 1 aromatic heterocycles. The summed E-state index contributed by atoms with van der Waals surface area (Å²) in [5.41, 5.74) is 6.93. The van der Waals surface area contributed by atoms with Crippen molar-refractivity contribution in [1.82, 2.24) is 9.97 Å². The van der Waals surface area contributed by atoms with Gasteiger partial charge in [0.05, 0.1) is 10.0 Å². The summed E-state index contributed by atoms with van der Waals surface area (Å²) in [7, 11) is 0. The predicted molar refractivity (Wildman–Crippen MR) is 61.9 cm³/mol. The van der Waals surface area contributed by atoms with Gasteiger partial charge >= 0.3 is 0 Å². The molecule has 0 aliphatic rings. The third kappa shape index (κ3) is 1.89. The van der Waals surface area contributed by atoms with Crippen LogP contribution in [0.25, 0.3) is 11.3 Å². The second kappa shape index (κ2) is 4.04. The van der Waals surface area contributed by atoms with Gasteiger partial charge in [-0.25, -0.2) is 4.98 Å². The minimum absolute atomic E-state index is 0.335. The molecule has 0 atom stereocenters. The fourth-order valence-corrected chi connectivity index (χ4v) is 1.63. The van der Waals surface area contributed by atoms with Crippen LogP contribution in [0.3, 0.4) is 0 Å². The molecular formula is C10H7Cl2N3. The van der Waals surface area contributed by atoms with E-state index in [-0.39, 0.29) is 0 Å². The minimum atomic E-state index is 0.335. The van der Waals surface area contributed by atoms with Crippen LogP contribution in [0.4, 0.5) is 5.82 Å². The number of anilines is 1. The number of hydrogen-bond acceptors (Lipinski definition) is 3. The monoisotopic (exact) mass is 239 g/mol. The molecule has 0 spiro atoms. The molecule has 0 saturated heterocycles. The lowest BCUT2D eigenvalue weighted by atomic mass is 10.1. The van der Waals surface area contributed by atoms with E-state index < -0.39 is 0 Å². The molecule has 0 fully saturated rings. The van der Waals surface area contributed by atoms with Crippen molar-refractivity contribution in [3.8, 4) is 11.3 Å². The fourth-order valence-electron chi connectivity index (χ4n) is 1.24. The summed E-state index contributed by atoms with van der Waals surface area (Å²) in [6.45, 7) is 0. The molecule has 0 radical (unpaired) electrons. The first-order valence-corrected chi connectivity index (χ1v) is 4.96. The molecule has 0 amide bonds. The third-order valence-corrected chi connectivity index (χ3v) is 2.75. The van der Waals surface area contributed by atoms with Crippen LogP contribution < -0.4 is 5.73 Å². The molecule has 5 heteroatoms. The number of halogens is 2. The molecule has 15 heavy (non-hydrogen) atoms. The Hall–Kier alpha value is -1.32. The standard InChI is InChI=1S/C10H7Cl2N3/c11-7-3-1-2-6(8(7)12)9-10(13)15-5-4-14-9/h1-5H,(H2,13,15). The average Bonchev–Trinajstić information content (AvgIpc) is 2.23. The van der Waals surface area contributed by atoms with Gasteiger partial charge in [0.2, 0.25) is 0 Å². The van der Waals surface area contributed by atoms with Crippen LogP contribution in [-0.4, -0.2) is 9.97 Å². The zero-order valence-electron chi connectivity index (χ0n) is 7.61. The lowest BCUT2D eigenvalue weighted by molar-refractivity contribution is 1.22. The highest BCUT2D eigenvalue weighted by molar-refractivity contribution is 6.43. The molecule has 76 valence electrons. The lowest BCUT2D eigenvalue weighted by Gasteiger charge is -2.06. The molecular weight excluding hydrogens is 233 g/mol. The summed E-state index contributed by atoms with van der Waals surface area (Å²) in [5.74, 6) is 0.335. The van der Waals surface area contributed by atoms with Gasteiger partial charge in [-0.15, -0.1) is 0 Å². The molecule has 0 unspecified atom stereocenters. The Labute approximate surface area is 96.9 Å². The molecule has 2 N–H and O–H groups in total. The van der Waals surface area contributed by atoms with Crippen molar-refractivity contribution in [2.45, 2.75) is 0 Å². The molecule has 0 aliphatic heterocycles. The number of nitrogens with zero attached hydrogens (tertiary/aromatic N) is 2. The van der Waals surface area contributed by atoms with Crippen LogP contribution in [0.15, 0.2) is 30.6 Å². The van der Waals surface area contributed by atoms with Crippen molar-refractivity contribution in [3.05, 3.63) is 40.6 Å². The van der Waals surface area contributed by atoms with Gasteiger partial charge in [0.15, 0.2) is 0 Å². The Morgan fingerprint density at radius 2 is 1.80 bits per heavy atom. The number of nitrogens with two attached hydrogens (primary N) is 1. The van der Waals surface area contributed by atoms with Crippen molar-refractivity contribution < 1.29 is 0 Å². The summed E-state index contributed by atoms with van der Waals surface area (Å²) in [6.07, 6.45) is 3.08. The Morgan fingerprint density at radius 1 is 1.07 bits per heavy atom. The van der Waals surface area contributed by atoms with Crippen molar-refractivity contribution in [2.75, 3.05) is 5.73 Å². The lowest BCUT2D eigenvalue weighted by Crippen LogP contribution is -1.96. The summed E-state index contributed by atoms with van der Waals surface area (Å²) in [4.78, 5) is 8.06. The van der Waals surface area contributed by atoms with E-state index in [9.17, 15) is 0 Å². The number of benzene rings is 1. The van der Waals surface area contributed by atoms with Crippen LogP contribution in [0, 0.1) is 0 Å². The van der Waals surface area contributed by atoms with E-state index in [1.54, 1.807) is 24.4 Å². The van der Waals surface area contributed by atoms with Gasteiger partial charge < -0.3 is 5.73 Å². The van der Waals surface area contributed by atoms with E-state index in [4.69, 9.17) is 28.9 Å². The largest absolute Gasteiger partial charge is 0.382 e. The maximum absolute atomic E-state index is 6.04. The second-order valence-electron chi connectivity index (χ2n) is 2.89.